The van der Waals surface area contributed by atoms with E-state index in [9.17, 15) is 18.4 Å². The summed E-state index contributed by atoms with van der Waals surface area (Å²) in [4.78, 5) is 23.7. The highest BCUT2D eigenvalue weighted by atomic mass is 19.3. The molecule has 0 amide bonds. The molecule has 0 spiro atoms. The molecular weight excluding hydrogens is 314 g/mol. The normalized spacial score (nSPS) is 16.7. The zero-order valence-corrected chi connectivity index (χ0v) is 12.6. The Hall–Kier alpha value is -2.64. The minimum absolute atomic E-state index is 0.0255. The fraction of sp³-hybridized carbons (Fsp3) is 0.333. The Bertz CT molecular complexity index is 644. The van der Waals surface area contributed by atoms with E-state index in [0.717, 1.165) is 0 Å². The van der Waals surface area contributed by atoms with Gasteiger partial charge in [-0.3, -0.25) is 0 Å². The van der Waals surface area contributed by atoms with E-state index >= 15 is 0 Å². The second-order valence-electron chi connectivity index (χ2n) is 5.03. The average molecular weight is 328 g/mol. The van der Waals surface area contributed by atoms with Crippen molar-refractivity contribution in [2.75, 3.05) is 7.11 Å². The van der Waals surface area contributed by atoms with Crippen LogP contribution in [0.4, 0.5) is 8.78 Å². The highest BCUT2D eigenvalue weighted by molar-refractivity contribution is 6.18. The van der Waals surface area contributed by atoms with E-state index in [2.05, 4.69) is 4.74 Å². The Balaban J connectivity index is 2.32. The maximum atomic E-state index is 12.3. The van der Waals surface area contributed by atoms with E-state index in [0.29, 0.717) is 5.56 Å². The molecule has 0 N–H and O–H groups in total. The standard InChI is InChI=1S/C15H14F2O6/c1-15(2)22-12(18)9(13(19)23-15)6-8-4-5-10(21-14(16)17)11(7-8)20-3/h4-7,14H,1-3H3. The minimum Gasteiger partial charge on any atom is -0.493 e. The first-order valence-corrected chi connectivity index (χ1v) is 6.53. The van der Waals surface area contributed by atoms with Crippen molar-refractivity contribution in [3.63, 3.8) is 0 Å². The first-order chi connectivity index (χ1) is 10.7. The third-order valence-electron chi connectivity index (χ3n) is 2.83. The quantitative estimate of drug-likeness (QED) is 0.480. The molecular formula is C15H14F2O6. The molecule has 0 atom stereocenters. The number of halogens is 2. The molecule has 0 unspecified atom stereocenters. The van der Waals surface area contributed by atoms with E-state index < -0.39 is 24.3 Å². The van der Waals surface area contributed by atoms with Crippen molar-refractivity contribution in [3.8, 4) is 11.5 Å². The number of cyclic esters (lactones) is 2. The Morgan fingerprint density at radius 3 is 2.26 bits per heavy atom. The molecule has 1 aromatic carbocycles. The number of benzene rings is 1. The van der Waals surface area contributed by atoms with Crippen molar-refractivity contribution in [2.24, 2.45) is 0 Å². The first-order valence-electron chi connectivity index (χ1n) is 6.53. The summed E-state index contributed by atoms with van der Waals surface area (Å²) in [6.07, 6.45) is 1.22. The highest BCUT2D eigenvalue weighted by Crippen LogP contribution is 2.31. The number of carbonyl (C=O) groups is 2. The molecule has 0 aliphatic carbocycles. The van der Waals surface area contributed by atoms with Crippen LogP contribution >= 0.6 is 0 Å². The molecule has 0 aromatic heterocycles. The minimum atomic E-state index is -3.00. The van der Waals surface area contributed by atoms with E-state index in [1.54, 1.807) is 0 Å². The SMILES string of the molecule is COc1cc(C=C2C(=O)OC(C)(C)OC2=O)ccc1OC(F)F. The van der Waals surface area contributed by atoms with E-state index in [4.69, 9.17) is 14.2 Å². The summed E-state index contributed by atoms with van der Waals surface area (Å²) < 4.78 is 43.7. The summed E-state index contributed by atoms with van der Waals surface area (Å²) in [5.41, 5.74) is 0.0426. The molecule has 1 aromatic rings. The third-order valence-corrected chi connectivity index (χ3v) is 2.83. The lowest BCUT2D eigenvalue weighted by Gasteiger charge is -2.29. The molecule has 8 heteroatoms. The molecule has 124 valence electrons. The van der Waals surface area contributed by atoms with Gasteiger partial charge >= 0.3 is 18.6 Å². The Labute approximate surface area is 130 Å². The maximum absolute atomic E-state index is 12.3. The van der Waals surface area contributed by atoms with Gasteiger partial charge in [0.25, 0.3) is 5.79 Å². The summed E-state index contributed by atoms with van der Waals surface area (Å²) in [5.74, 6) is -3.15. The number of hydrogen-bond donors (Lipinski definition) is 0. The molecule has 1 fully saturated rings. The van der Waals surface area contributed by atoms with Crippen LogP contribution in [0, 0.1) is 0 Å². The molecule has 2 rings (SSSR count). The van der Waals surface area contributed by atoms with Gasteiger partial charge in [0.05, 0.1) is 7.11 Å². The van der Waals surface area contributed by atoms with Gasteiger partial charge in [0.15, 0.2) is 11.5 Å². The zero-order valence-electron chi connectivity index (χ0n) is 12.6. The number of rotatable bonds is 4. The number of esters is 2. The zero-order chi connectivity index (χ0) is 17.2. The van der Waals surface area contributed by atoms with Gasteiger partial charge < -0.3 is 18.9 Å². The summed E-state index contributed by atoms with van der Waals surface area (Å²) in [6.45, 7) is -0.142. The molecule has 6 nitrogen and oxygen atoms in total. The molecule has 0 saturated carbocycles. The van der Waals surface area contributed by atoms with Crippen molar-refractivity contribution in [2.45, 2.75) is 26.2 Å². The van der Waals surface area contributed by atoms with Crippen LogP contribution in [0.5, 0.6) is 11.5 Å². The number of hydrogen-bond acceptors (Lipinski definition) is 6. The second-order valence-corrected chi connectivity index (χ2v) is 5.03. The molecule has 0 bridgehead atoms. The van der Waals surface area contributed by atoms with Crippen LogP contribution in [-0.2, 0) is 19.1 Å². The van der Waals surface area contributed by atoms with Crippen molar-refractivity contribution >= 4 is 18.0 Å². The van der Waals surface area contributed by atoms with Crippen LogP contribution in [0.3, 0.4) is 0 Å². The maximum Gasteiger partial charge on any atom is 0.387 e. The molecule has 1 aliphatic rings. The van der Waals surface area contributed by atoms with Crippen LogP contribution < -0.4 is 9.47 Å². The molecule has 0 radical (unpaired) electrons. The fourth-order valence-electron chi connectivity index (χ4n) is 1.91. The van der Waals surface area contributed by atoms with Crippen LogP contribution in [0.2, 0.25) is 0 Å². The summed E-state index contributed by atoms with van der Waals surface area (Å²) >= 11 is 0. The fourth-order valence-corrected chi connectivity index (χ4v) is 1.91. The van der Waals surface area contributed by atoms with Crippen molar-refractivity contribution in [1.82, 2.24) is 0 Å². The van der Waals surface area contributed by atoms with Crippen molar-refractivity contribution in [1.29, 1.82) is 0 Å². The summed E-state index contributed by atoms with van der Waals surface area (Å²) in [5, 5.41) is 0. The largest absolute Gasteiger partial charge is 0.493 e. The smallest absolute Gasteiger partial charge is 0.387 e. The van der Waals surface area contributed by atoms with Crippen LogP contribution in [0.1, 0.15) is 19.4 Å². The lowest BCUT2D eigenvalue weighted by molar-refractivity contribution is -0.222. The van der Waals surface area contributed by atoms with Gasteiger partial charge in [-0.2, -0.15) is 8.78 Å². The topological polar surface area (TPSA) is 71.1 Å². The summed E-state index contributed by atoms with van der Waals surface area (Å²) in [6, 6.07) is 3.96. The molecule has 23 heavy (non-hydrogen) atoms. The Morgan fingerprint density at radius 2 is 1.74 bits per heavy atom. The van der Waals surface area contributed by atoms with Gasteiger partial charge in [0.2, 0.25) is 0 Å². The van der Waals surface area contributed by atoms with Gasteiger partial charge in [-0.05, 0) is 23.8 Å². The monoisotopic (exact) mass is 328 g/mol. The number of carbonyl (C=O) groups excluding carboxylic acids is 2. The molecule has 1 saturated heterocycles. The van der Waals surface area contributed by atoms with Gasteiger partial charge in [0, 0.05) is 13.8 Å². The van der Waals surface area contributed by atoms with Gasteiger partial charge in [-0.15, -0.1) is 0 Å². The number of alkyl halides is 2. The number of ether oxygens (including phenoxy) is 4. The lowest BCUT2D eigenvalue weighted by atomic mass is 10.1. The van der Waals surface area contributed by atoms with E-state index in [1.807, 2.05) is 0 Å². The second kappa shape index (κ2) is 6.23. The van der Waals surface area contributed by atoms with E-state index in [1.165, 1.54) is 45.2 Å². The van der Waals surface area contributed by atoms with Gasteiger partial charge in [-0.1, -0.05) is 6.07 Å². The van der Waals surface area contributed by atoms with Crippen LogP contribution in [0.25, 0.3) is 6.08 Å². The predicted octanol–water partition coefficient (Wildman–Crippen LogP) is 2.52. The summed E-state index contributed by atoms with van der Waals surface area (Å²) in [7, 11) is 1.27. The molecule has 1 aliphatic heterocycles. The lowest BCUT2D eigenvalue weighted by Crippen LogP contribution is -2.41. The van der Waals surface area contributed by atoms with Crippen LogP contribution in [0.15, 0.2) is 23.8 Å². The van der Waals surface area contributed by atoms with Gasteiger partial charge in [-0.25, -0.2) is 9.59 Å². The molecule has 1 heterocycles. The van der Waals surface area contributed by atoms with Crippen molar-refractivity contribution < 1.29 is 37.3 Å². The third kappa shape index (κ3) is 3.97. The van der Waals surface area contributed by atoms with Crippen LogP contribution in [-0.4, -0.2) is 31.4 Å². The Morgan fingerprint density at radius 1 is 1.13 bits per heavy atom. The predicted molar refractivity (Wildman–Crippen MR) is 73.9 cm³/mol. The first kappa shape index (κ1) is 16.7. The highest BCUT2D eigenvalue weighted by Gasteiger charge is 2.38. The Kier molecular flexibility index (Phi) is 4.53. The van der Waals surface area contributed by atoms with Crippen molar-refractivity contribution in [3.05, 3.63) is 29.3 Å². The number of methoxy groups -OCH3 is 1. The van der Waals surface area contributed by atoms with E-state index in [-0.39, 0.29) is 17.1 Å². The average Bonchev–Trinajstić information content (AvgIpc) is 2.42. The van der Waals surface area contributed by atoms with Gasteiger partial charge in [0.1, 0.15) is 5.57 Å².